The largest absolute Gasteiger partial charge is 0.343 e. The molecule has 25 heavy (non-hydrogen) atoms. The fourth-order valence-electron chi connectivity index (χ4n) is 3.50. The Labute approximate surface area is 152 Å². The Bertz CT molecular complexity index is 709. The number of hydrogen-bond acceptors (Lipinski definition) is 3. The zero-order chi connectivity index (χ0) is 18.6. The van der Waals surface area contributed by atoms with Crippen molar-refractivity contribution < 1.29 is 13.2 Å². The lowest BCUT2D eigenvalue weighted by atomic mass is 10.1. The van der Waals surface area contributed by atoms with E-state index in [1.165, 1.54) is 23.4 Å². The van der Waals surface area contributed by atoms with Crippen LogP contribution in [-0.2, 0) is 14.8 Å². The minimum atomic E-state index is -3.38. The second-order valence-electron chi connectivity index (χ2n) is 7.17. The van der Waals surface area contributed by atoms with E-state index in [-0.39, 0.29) is 5.91 Å². The van der Waals surface area contributed by atoms with Gasteiger partial charge in [0.25, 0.3) is 0 Å². The predicted octanol–water partition coefficient (Wildman–Crippen LogP) is 3.25. The molecular weight excluding hydrogens is 336 g/mol. The zero-order valence-electron chi connectivity index (χ0n) is 15.8. The molecule has 140 valence electrons. The van der Waals surface area contributed by atoms with Crippen molar-refractivity contribution in [1.29, 1.82) is 0 Å². The minimum absolute atomic E-state index is 0.112. The summed E-state index contributed by atoms with van der Waals surface area (Å²) in [5, 5.41) is 0. The van der Waals surface area contributed by atoms with Crippen LogP contribution in [0.4, 0.5) is 5.69 Å². The highest BCUT2D eigenvalue weighted by atomic mass is 32.2. The smallest absolute Gasteiger partial charge is 0.232 e. The average molecular weight is 367 g/mol. The van der Waals surface area contributed by atoms with Gasteiger partial charge in [0.05, 0.1) is 11.9 Å². The molecule has 0 unspecified atom stereocenters. The lowest BCUT2D eigenvalue weighted by Crippen LogP contribution is -2.36. The molecule has 0 aromatic heterocycles. The number of carbonyl (C=O) groups excluding carboxylic acids is 1. The van der Waals surface area contributed by atoms with Crippen LogP contribution >= 0.6 is 0 Å². The van der Waals surface area contributed by atoms with Crippen LogP contribution in [0.1, 0.15) is 49.7 Å². The summed E-state index contributed by atoms with van der Waals surface area (Å²) in [6, 6.07) is 6.15. The number of sulfonamides is 1. The van der Waals surface area contributed by atoms with Gasteiger partial charge in [0.2, 0.25) is 15.9 Å². The van der Waals surface area contributed by atoms with Crippen LogP contribution in [0.15, 0.2) is 18.2 Å². The van der Waals surface area contributed by atoms with Gasteiger partial charge in [0, 0.05) is 26.1 Å². The molecule has 1 aromatic carbocycles. The zero-order valence-corrected chi connectivity index (χ0v) is 16.6. The quantitative estimate of drug-likeness (QED) is 0.744. The van der Waals surface area contributed by atoms with E-state index in [2.05, 4.69) is 0 Å². The van der Waals surface area contributed by atoms with Gasteiger partial charge in [0.1, 0.15) is 0 Å². The fraction of sp³-hybridized carbons (Fsp3) is 0.632. The van der Waals surface area contributed by atoms with E-state index < -0.39 is 10.0 Å². The molecule has 6 heteroatoms. The Kier molecular flexibility index (Phi) is 6.49. The summed E-state index contributed by atoms with van der Waals surface area (Å²) in [6.45, 7) is 4.18. The van der Waals surface area contributed by atoms with Crippen LogP contribution in [0.5, 0.6) is 0 Å². The van der Waals surface area contributed by atoms with E-state index in [1.54, 1.807) is 0 Å². The number of rotatable bonds is 7. The molecule has 0 bridgehead atoms. The molecular formula is C19H30N2O3S. The van der Waals surface area contributed by atoms with Crippen LogP contribution < -0.4 is 4.31 Å². The van der Waals surface area contributed by atoms with Gasteiger partial charge >= 0.3 is 0 Å². The van der Waals surface area contributed by atoms with Crippen LogP contribution in [-0.4, -0.2) is 45.1 Å². The SMILES string of the molecule is Cc1ccc(C)c(N(CCCC(=O)N(C)C2CCCC2)S(C)(=O)=O)c1. The van der Waals surface area contributed by atoms with E-state index in [0.717, 1.165) is 24.0 Å². The Morgan fingerprint density at radius 2 is 1.84 bits per heavy atom. The van der Waals surface area contributed by atoms with Gasteiger partial charge in [-0.2, -0.15) is 0 Å². The molecule has 1 aromatic rings. The van der Waals surface area contributed by atoms with Crippen LogP contribution in [0.3, 0.4) is 0 Å². The second kappa shape index (κ2) is 8.21. The summed E-state index contributed by atoms with van der Waals surface area (Å²) < 4.78 is 25.9. The number of nitrogens with zero attached hydrogens (tertiary/aromatic N) is 2. The molecule has 0 N–H and O–H groups in total. The van der Waals surface area contributed by atoms with Gasteiger partial charge in [-0.25, -0.2) is 8.42 Å². The standard InChI is InChI=1S/C19H30N2O3S/c1-15-11-12-16(2)18(14-15)21(25(4,23)24)13-7-10-19(22)20(3)17-8-5-6-9-17/h11-12,14,17H,5-10,13H2,1-4H3. The first kappa shape index (κ1) is 19.8. The summed E-state index contributed by atoms with van der Waals surface area (Å²) >= 11 is 0. The monoisotopic (exact) mass is 366 g/mol. The molecule has 0 aliphatic heterocycles. The third-order valence-corrected chi connectivity index (χ3v) is 6.23. The van der Waals surface area contributed by atoms with Gasteiger partial charge in [0.15, 0.2) is 0 Å². The van der Waals surface area contributed by atoms with Crippen LogP contribution in [0.25, 0.3) is 0 Å². The molecule has 0 spiro atoms. The molecule has 0 heterocycles. The highest BCUT2D eigenvalue weighted by Gasteiger charge is 2.24. The first-order valence-electron chi connectivity index (χ1n) is 9.01. The Morgan fingerprint density at radius 3 is 2.44 bits per heavy atom. The first-order chi connectivity index (χ1) is 11.7. The number of hydrogen-bond donors (Lipinski definition) is 0. The highest BCUT2D eigenvalue weighted by molar-refractivity contribution is 7.92. The van der Waals surface area contributed by atoms with Gasteiger partial charge < -0.3 is 4.90 Å². The molecule has 1 saturated carbocycles. The molecule has 5 nitrogen and oxygen atoms in total. The van der Waals surface area contributed by atoms with Crippen molar-refractivity contribution in [3.8, 4) is 0 Å². The van der Waals surface area contributed by atoms with Crippen LogP contribution in [0.2, 0.25) is 0 Å². The third kappa shape index (κ3) is 5.21. The molecule has 1 aliphatic rings. The minimum Gasteiger partial charge on any atom is -0.343 e. The van der Waals surface area contributed by atoms with Crippen molar-refractivity contribution in [3.63, 3.8) is 0 Å². The summed E-state index contributed by atoms with van der Waals surface area (Å²) in [5.41, 5.74) is 2.65. The van der Waals surface area contributed by atoms with E-state index in [9.17, 15) is 13.2 Å². The molecule has 1 aliphatic carbocycles. The van der Waals surface area contributed by atoms with E-state index in [0.29, 0.717) is 31.1 Å². The normalized spacial score (nSPS) is 15.4. The summed E-state index contributed by atoms with van der Waals surface area (Å²) in [5.74, 6) is 0.112. The molecule has 0 atom stereocenters. The lowest BCUT2D eigenvalue weighted by Gasteiger charge is -2.26. The van der Waals surface area contributed by atoms with E-state index in [1.807, 2.05) is 44.0 Å². The number of aryl methyl sites for hydroxylation is 2. The summed E-state index contributed by atoms with van der Waals surface area (Å²) in [6.07, 6.45) is 6.68. The third-order valence-electron chi connectivity index (χ3n) is 5.05. The average Bonchev–Trinajstić information content (AvgIpc) is 3.06. The van der Waals surface area contributed by atoms with Crippen molar-refractivity contribution >= 4 is 21.6 Å². The summed E-state index contributed by atoms with van der Waals surface area (Å²) in [7, 11) is -1.51. The Morgan fingerprint density at radius 1 is 1.20 bits per heavy atom. The predicted molar refractivity (Wildman–Crippen MR) is 102 cm³/mol. The molecule has 1 fully saturated rings. The van der Waals surface area contributed by atoms with Gasteiger partial charge in [-0.15, -0.1) is 0 Å². The first-order valence-corrected chi connectivity index (χ1v) is 10.9. The highest BCUT2D eigenvalue weighted by Crippen LogP contribution is 2.25. The lowest BCUT2D eigenvalue weighted by molar-refractivity contribution is -0.131. The molecule has 2 rings (SSSR count). The van der Waals surface area contributed by atoms with Crippen molar-refractivity contribution in [2.75, 3.05) is 24.2 Å². The number of anilines is 1. The van der Waals surface area contributed by atoms with Crippen molar-refractivity contribution in [2.45, 2.75) is 58.4 Å². The molecule has 0 saturated heterocycles. The number of benzene rings is 1. The van der Waals surface area contributed by atoms with Crippen molar-refractivity contribution in [2.24, 2.45) is 0 Å². The maximum atomic E-state index is 12.4. The molecule has 0 radical (unpaired) electrons. The maximum Gasteiger partial charge on any atom is 0.232 e. The van der Waals surface area contributed by atoms with Gasteiger partial charge in [-0.05, 0) is 50.3 Å². The van der Waals surface area contributed by atoms with E-state index in [4.69, 9.17) is 0 Å². The summed E-state index contributed by atoms with van der Waals surface area (Å²) in [4.78, 5) is 14.2. The van der Waals surface area contributed by atoms with Gasteiger partial charge in [-0.1, -0.05) is 25.0 Å². The Hall–Kier alpha value is -1.56. The number of amides is 1. The number of carbonyl (C=O) groups is 1. The maximum absolute atomic E-state index is 12.4. The molecule has 1 amide bonds. The van der Waals surface area contributed by atoms with Crippen LogP contribution in [0, 0.1) is 13.8 Å². The Balaban J connectivity index is 2.01. The second-order valence-corrected chi connectivity index (χ2v) is 9.08. The van der Waals surface area contributed by atoms with Gasteiger partial charge in [-0.3, -0.25) is 9.10 Å². The fourth-order valence-corrected chi connectivity index (χ4v) is 4.51. The van der Waals surface area contributed by atoms with Crippen molar-refractivity contribution in [3.05, 3.63) is 29.3 Å². The van der Waals surface area contributed by atoms with Crippen molar-refractivity contribution in [1.82, 2.24) is 4.90 Å². The topological polar surface area (TPSA) is 57.7 Å². The van der Waals surface area contributed by atoms with E-state index >= 15 is 0 Å².